The van der Waals surface area contributed by atoms with Gasteiger partial charge in [0.15, 0.2) is 0 Å². The molecule has 0 spiro atoms. The number of amides is 1. The zero-order valence-electron chi connectivity index (χ0n) is 13.3. The highest BCUT2D eigenvalue weighted by Crippen LogP contribution is 2.29. The maximum Gasteiger partial charge on any atom is 0.265 e. The molecule has 1 amide bonds. The van der Waals surface area contributed by atoms with Gasteiger partial charge in [-0.1, -0.05) is 31.4 Å². The Bertz CT molecular complexity index is 679. The van der Waals surface area contributed by atoms with Crippen molar-refractivity contribution in [2.75, 3.05) is 13.6 Å². The molecule has 5 heteroatoms. The molecule has 23 heavy (non-hydrogen) atoms. The van der Waals surface area contributed by atoms with E-state index in [0.29, 0.717) is 21.4 Å². The fraction of sp³-hybridized carbons (Fsp3) is 0.444. The first-order chi connectivity index (χ1) is 11.1. The van der Waals surface area contributed by atoms with E-state index in [2.05, 4.69) is 4.98 Å². The molecule has 0 unspecified atom stereocenters. The lowest BCUT2D eigenvalue weighted by atomic mass is 9.89. The Balaban J connectivity index is 1.69. The number of benzene rings is 1. The second-order valence-electron chi connectivity index (χ2n) is 6.20. The predicted molar refractivity (Wildman–Crippen MR) is 91.0 cm³/mol. The third-order valence-corrected chi connectivity index (χ3v) is 5.44. The van der Waals surface area contributed by atoms with Crippen LogP contribution in [0, 0.1) is 11.7 Å². The van der Waals surface area contributed by atoms with Crippen LogP contribution >= 0.6 is 11.3 Å². The first-order valence-corrected chi connectivity index (χ1v) is 8.93. The standard InChI is InChI=1S/C18H21FN2OS/c1-21(12-13-7-3-2-4-8-13)18(22)16-11-20-17(23-16)14-9-5-6-10-15(14)19/h5-6,9-11,13H,2-4,7-8,12H2,1H3. The zero-order valence-corrected chi connectivity index (χ0v) is 14.1. The van der Waals surface area contributed by atoms with Gasteiger partial charge < -0.3 is 4.90 Å². The van der Waals surface area contributed by atoms with Crippen LogP contribution in [0.1, 0.15) is 41.8 Å². The Morgan fingerprint density at radius 2 is 2.04 bits per heavy atom. The minimum absolute atomic E-state index is 0.0179. The minimum Gasteiger partial charge on any atom is -0.341 e. The van der Waals surface area contributed by atoms with Crippen LogP contribution in [0.4, 0.5) is 4.39 Å². The molecule has 1 aliphatic rings. The number of rotatable bonds is 4. The van der Waals surface area contributed by atoms with Gasteiger partial charge in [-0.15, -0.1) is 11.3 Å². The molecule has 3 rings (SSSR count). The van der Waals surface area contributed by atoms with E-state index in [1.807, 2.05) is 7.05 Å². The van der Waals surface area contributed by atoms with Crippen molar-refractivity contribution in [1.29, 1.82) is 0 Å². The number of hydrogen-bond donors (Lipinski definition) is 0. The number of carbonyl (C=O) groups is 1. The van der Waals surface area contributed by atoms with Crippen LogP contribution < -0.4 is 0 Å². The molecular weight excluding hydrogens is 311 g/mol. The van der Waals surface area contributed by atoms with Crippen LogP contribution in [0.15, 0.2) is 30.5 Å². The van der Waals surface area contributed by atoms with Crippen LogP contribution in [0.3, 0.4) is 0 Å². The summed E-state index contributed by atoms with van der Waals surface area (Å²) in [5.74, 6) is 0.281. The van der Waals surface area contributed by atoms with E-state index in [9.17, 15) is 9.18 Å². The molecule has 0 aliphatic heterocycles. The normalized spacial score (nSPS) is 15.6. The monoisotopic (exact) mass is 332 g/mol. The Morgan fingerprint density at radius 3 is 2.78 bits per heavy atom. The lowest BCUT2D eigenvalue weighted by Gasteiger charge is -2.26. The van der Waals surface area contributed by atoms with Crippen molar-refractivity contribution in [2.45, 2.75) is 32.1 Å². The molecule has 1 saturated carbocycles. The first kappa shape index (κ1) is 16.1. The van der Waals surface area contributed by atoms with E-state index in [1.165, 1.54) is 49.5 Å². The fourth-order valence-electron chi connectivity index (χ4n) is 3.16. The molecule has 0 atom stereocenters. The first-order valence-electron chi connectivity index (χ1n) is 8.11. The highest BCUT2D eigenvalue weighted by molar-refractivity contribution is 7.16. The Kier molecular flexibility index (Phi) is 5.06. The van der Waals surface area contributed by atoms with E-state index in [0.717, 1.165) is 6.54 Å². The average molecular weight is 332 g/mol. The summed E-state index contributed by atoms with van der Waals surface area (Å²) >= 11 is 1.26. The molecule has 1 heterocycles. The van der Waals surface area contributed by atoms with Gasteiger partial charge in [0.05, 0.1) is 6.20 Å². The topological polar surface area (TPSA) is 33.2 Å². The third-order valence-electron chi connectivity index (χ3n) is 4.42. The van der Waals surface area contributed by atoms with Crippen LogP contribution in [0.25, 0.3) is 10.6 Å². The lowest BCUT2D eigenvalue weighted by Crippen LogP contribution is -2.32. The minimum atomic E-state index is -0.309. The van der Waals surface area contributed by atoms with Gasteiger partial charge >= 0.3 is 0 Å². The van der Waals surface area contributed by atoms with Crippen molar-refractivity contribution in [3.63, 3.8) is 0 Å². The quantitative estimate of drug-likeness (QED) is 0.820. The largest absolute Gasteiger partial charge is 0.341 e. The fourth-order valence-corrected chi connectivity index (χ4v) is 4.10. The van der Waals surface area contributed by atoms with Crippen LogP contribution in [0.5, 0.6) is 0 Å². The molecule has 1 aromatic heterocycles. The summed E-state index contributed by atoms with van der Waals surface area (Å²) < 4.78 is 13.8. The molecule has 0 bridgehead atoms. The van der Waals surface area contributed by atoms with Crippen molar-refractivity contribution in [2.24, 2.45) is 5.92 Å². The Hall–Kier alpha value is -1.75. The molecule has 1 fully saturated rings. The van der Waals surface area contributed by atoms with E-state index in [1.54, 1.807) is 29.3 Å². The maximum atomic E-state index is 13.8. The van der Waals surface area contributed by atoms with Crippen molar-refractivity contribution in [3.05, 3.63) is 41.2 Å². The number of halogens is 1. The van der Waals surface area contributed by atoms with Gasteiger partial charge in [-0.25, -0.2) is 9.37 Å². The van der Waals surface area contributed by atoms with E-state index < -0.39 is 0 Å². The molecule has 0 saturated heterocycles. The van der Waals surface area contributed by atoms with Gasteiger partial charge in [-0.05, 0) is 30.9 Å². The third kappa shape index (κ3) is 3.78. The predicted octanol–water partition coefficient (Wildman–Crippen LogP) is 4.60. The number of thiazole rings is 1. The van der Waals surface area contributed by atoms with E-state index >= 15 is 0 Å². The number of hydrogen-bond acceptors (Lipinski definition) is 3. The summed E-state index contributed by atoms with van der Waals surface area (Å²) in [6, 6.07) is 6.52. The molecule has 1 aromatic carbocycles. The van der Waals surface area contributed by atoms with Crippen LogP contribution in [-0.4, -0.2) is 29.4 Å². The van der Waals surface area contributed by atoms with Crippen molar-refractivity contribution in [3.8, 4) is 10.6 Å². The number of nitrogens with zero attached hydrogens (tertiary/aromatic N) is 2. The van der Waals surface area contributed by atoms with Gasteiger partial charge in [0, 0.05) is 19.2 Å². The summed E-state index contributed by atoms with van der Waals surface area (Å²) in [6.45, 7) is 0.797. The highest BCUT2D eigenvalue weighted by atomic mass is 32.1. The summed E-state index contributed by atoms with van der Waals surface area (Å²) in [4.78, 5) is 19.1. The van der Waals surface area contributed by atoms with Gasteiger partial charge in [0.2, 0.25) is 0 Å². The second kappa shape index (κ2) is 7.21. The van der Waals surface area contributed by atoms with Gasteiger partial charge in [-0.3, -0.25) is 4.79 Å². The Labute approximate surface area is 140 Å². The summed E-state index contributed by atoms with van der Waals surface area (Å²) in [5, 5.41) is 0.553. The summed E-state index contributed by atoms with van der Waals surface area (Å²) in [7, 11) is 1.85. The number of carbonyl (C=O) groups excluding carboxylic acids is 1. The lowest BCUT2D eigenvalue weighted by molar-refractivity contribution is 0.0765. The molecule has 0 N–H and O–H groups in total. The van der Waals surface area contributed by atoms with Gasteiger partial charge in [-0.2, -0.15) is 0 Å². The van der Waals surface area contributed by atoms with Crippen molar-refractivity contribution >= 4 is 17.2 Å². The zero-order chi connectivity index (χ0) is 16.2. The molecular formula is C18H21FN2OS. The van der Waals surface area contributed by atoms with E-state index in [-0.39, 0.29) is 11.7 Å². The second-order valence-corrected chi connectivity index (χ2v) is 7.23. The van der Waals surface area contributed by atoms with Gasteiger partial charge in [0.1, 0.15) is 15.7 Å². The number of aromatic nitrogens is 1. The molecule has 1 aliphatic carbocycles. The summed E-state index contributed by atoms with van der Waals surface area (Å²) in [6.07, 6.45) is 7.83. The van der Waals surface area contributed by atoms with Crippen molar-refractivity contribution in [1.82, 2.24) is 9.88 Å². The van der Waals surface area contributed by atoms with Gasteiger partial charge in [0.25, 0.3) is 5.91 Å². The SMILES string of the molecule is CN(CC1CCCCC1)C(=O)c1cnc(-c2ccccc2F)s1. The molecule has 3 nitrogen and oxygen atoms in total. The highest BCUT2D eigenvalue weighted by Gasteiger charge is 2.21. The summed E-state index contributed by atoms with van der Waals surface area (Å²) in [5.41, 5.74) is 0.450. The molecule has 122 valence electrons. The van der Waals surface area contributed by atoms with Crippen LogP contribution in [0.2, 0.25) is 0 Å². The Morgan fingerprint density at radius 1 is 1.30 bits per heavy atom. The maximum absolute atomic E-state index is 13.8. The van der Waals surface area contributed by atoms with Crippen molar-refractivity contribution < 1.29 is 9.18 Å². The average Bonchev–Trinajstić information content (AvgIpc) is 3.05. The van der Waals surface area contributed by atoms with E-state index in [4.69, 9.17) is 0 Å². The van der Waals surface area contributed by atoms with Crippen LogP contribution in [-0.2, 0) is 0 Å². The smallest absolute Gasteiger partial charge is 0.265 e. The molecule has 2 aromatic rings. The molecule has 0 radical (unpaired) electrons.